The maximum absolute atomic E-state index is 12.3. The second kappa shape index (κ2) is 6.43. The second-order valence-electron chi connectivity index (χ2n) is 6.18. The first kappa shape index (κ1) is 15.4. The summed E-state index contributed by atoms with van der Waals surface area (Å²) in [6.45, 7) is 3.47. The number of benzene rings is 2. The lowest BCUT2D eigenvalue weighted by molar-refractivity contribution is 0.0948. The van der Waals surface area contributed by atoms with Gasteiger partial charge in [-0.1, -0.05) is 30.3 Å². The highest BCUT2D eigenvalue weighted by molar-refractivity contribution is 5.97. The van der Waals surface area contributed by atoms with Crippen LogP contribution in [0.15, 0.2) is 54.6 Å². The van der Waals surface area contributed by atoms with Crippen LogP contribution < -0.4 is 5.32 Å². The Hall–Kier alpha value is -3.08. The summed E-state index contributed by atoms with van der Waals surface area (Å²) in [6, 6.07) is 17.9. The molecule has 4 aromatic rings. The van der Waals surface area contributed by atoms with Crippen LogP contribution in [0, 0.1) is 6.92 Å². The van der Waals surface area contributed by atoms with Crippen LogP contribution in [0.3, 0.4) is 0 Å². The monoisotopic (exact) mass is 332 g/mol. The highest BCUT2D eigenvalue weighted by Gasteiger charge is 2.09. The average molecular weight is 332 g/mol. The van der Waals surface area contributed by atoms with E-state index in [1.807, 2.05) is 55.5 Å². The molecule has 5 nitrogen and oxygen atoms in total. The van der Waals surface area contributed by atoms with Gasteiger partial charge in [-0.15, -0.1) is 0 Å². The summed E-state index contributed by atoms with van der Waals surface area (Å²) in [6.07, 6.45) is 0.854. The molecule has 0 bridgehead atoms. The summed E-state index contributed by atoms with van der Waals surface area (Å²) in [5.41, 5.74) is 3.74. The molecule has 25 heavy (non-hydrogen) atoms. The Morgan fingerprint density at radius 1 is 1.16 bits per heavy atom. The predicted molar refractivity (Wildman–Crippen MR) is 99.7 cm³/mol. The lowest BCUT2D eigenvalue weighted by atomic mass is 10.2. The molecule has 0 aliphatic heterocycles. The molecule has 2 heterocycles. The highest BCUT2D eigenvalue weighted by Crippen LogP contribution is 2.16. The van der Waals surface area contributed by atoms with E-state index >= 15 is 0 Å². The van der Waals surface area contributed by atoms with Crippen LogP contribution in [-0.4, -0.2) is 27.0 Å². The standard InChI is InChI=1S/C20H20N4O/c1-14-22-17-9-4-5-10-19(17)24(14)12-6-11-21-20(25)18-13-15-7-2-3-8-16(15)23-18/h2-5,7-10,13,23H,6,11-12H2,1H3,(H,21,25). The highest BCUT2D eigenvalue weighted by atomic mass is 16.1. The van der Waals surface area contributed by atoms with Gasteiger partial charge in [0.05, 0.1) is 11.0 Å². The Morgan fingerprint density at radius 3 is 2.84 bits per heavy atom. The van der Waals surface area contributed by atoms with Gasteiger partial charge in [0.25, 0.3) is 5.91 Å². The lowest BCUT2D eigenvalue weighted by Crippen LogP contribution is -2.25. The van der Waals surface area contributed by atoms with Crippen molar-refractivity contribution in [3.05, 3.63) is 66.1 Å². The topological polar surface area (TPSA) is 62.7 Å². The normalized spacial score (nSPS) is 11.2. The molecule has 0 radical (unpaired) electrons. The third-order valence-electron chi connectivity index (χ3n) is 4.46. The molecule has 1 amide bonds. The summed E-state index contributed by atoms with van der Waals surface area (Å²) in [5.74, 6) is 0.937. The van der Waals surface area contributed by atoms with Crippen molar-refractivity contribution >= 4 is 27.8 Å². The molecule has 0 aliphatic rings. The molecular formula is C20H20N4O. The molecule has 0 spiro atoms. The molecule has 126 valence electrons. The Kier molecular flexibility index (Phi) is 3.98. The van der Waals surface area contributed by atoms with Crippen molar-refractivity contribution in [2.45, 2.75) is 19.9 Å². The van der Waals surface area contributed by atoms with E-state index in [0.717, 1.165) is 40.7 Å². The molecule has 0 unspecified atom stereocenters. The van der Waals surface area contributed by atoms with Gasteiger partial charge < -0.3 is 14.9 Å². The summed E-state index contributed by atoms with van der Waals surface area (Å²) in [5, 5.41) is 4.04. The minimum Gasteiger partial charge on any atom is -0.351 e. The Morgan fingerprint density at radius 2 is 1.96 bits per heavy atom. The number of carbonyl (C=O) groups excluding carboxylic acids is 1. The Balaban J connectivity index is 1.37. The number of aryl methyl sites for hydroxylation is 2. The van der Waals surface area contributed by atoms with E-state index in [-0.39, 0.29) is 5.91 Å². The first-order valence-electron chi connectivity index (χ1n) is 8.50. The number of imidazole rings is 1. The summed E-state index contributed by atoms with van der Waals surface area (Å²) >= 11 is 0. The van der Waals surface area contributed by atoms with Crippen LogP contribution in [-0.2, 0) is 6.54 Å². The summed E-state index contributed by atoms with van der Waals surface area (Å²) < 4.78 is 2.20. The summed E-state index contributed by atoms with van der Waals surface area (Å²) in [4.78, 5) is 20.0. The molecule has 0 aliphatic carbocycles. The number of fused-ring (bicyclic) bond motifs is 2. The molecule has 5 heteroatoms. The minimum atomic E-state index is -0.0663. The van der Waals surface area contributed by atoms with Crippen molar-refractivity contribution in [2.75, 3.05) is 6.54 Å². The van der Waals surface area contributed by atoms with Crippen molar-refractivity contribution in [2.24, 2.45) is 0 Å². The van der Waals surface area contributed by atoms with Crippen LogP contribution in [0.25, 0.3) is 21.9 Å². The molecule has 0 saturated heterocycles. The van der Waals surface area contributed by atoms with Crippen molar-refractivity contribution in [3.63, 3.8) is 0 Å². The number of rotatable bonds is 5. The molecule has 0 saturated carbocycles. The van der Waals surface area contributed by atoms with Gasteiger partial charge in [0.1, 0.15) is 11.5 Å². The molecule has 2 aromatic carbocycles. The third-order valence-corrected chi connectivity index (χ3v) is 4.46. The number of aromatic nitrogens is 3. The SMILES string of the molecule is Cc1nc2ccccc2n1CCCNC(=O)c1cc2ccccc2[nH]1. The Labute approximate surface area is 145 Å². The molecule has 2 aromatic heterocycles. The first-order valence-corrected chi connectivity index (χ1v) is 8.50. The van der Waals surface area contributed by atoms with Crippen molar-refractivity contribution in [3.8, 4) is 0 Å². The van der Waals surface area contributed by atoms with Crippen molar-refractivity contribution < 1.29 is 4.79 Å². The molecular weight excluding hydrogens is 312 g/mol. The molecule has 2 N–H and O–H groups in total. The fraction of sp³-hybridized carbons (Fsp3) is 0.200. The number of para-hydroxylation sites is 3. The van der Waals surface area contributed by atoms with E-state index < -0.39 is 0 Å². The van der Waals surface area contributed by atoms with Crippen LogP contribution in [0.1, 0.15) is 22.7 Å². The fourth-order valence-electron chi connectivity index (χ4n) is 3.21. The quantitative estimate of drug-likeness (QED) is 0.548. The molecule has 0 atom stereocenters. The Bertz CT molecular complexity index is 1010. The summed E-state index contributed by atoms with van der Waals surface area (Å²) in [7, 11) is 0. The minimum absolute atomic E-state index is 0.0663. The van der Waals surface area contributed by atoms with Crippen LogP contribution >= 0.6 is 0 Å². The second-order valence-corrected chi connectivity index (χ2v) is 6.18. The zero-order chi connectivity index (χ0) is 17.2. The first-order chi connectivity index (χ1) is 12.2. The van der Waals surface area contributed by atoms with Crippen LogP contribution in [0.5, 0.6) is 0 Å². The molecule has 4 rings (SSSR count). The van der Waals surface area contributed by atoms with Gasteiger partial charge in [-0.25, -0.2) is 4.98 Å². The van der Waals surface area contributed by atoms with Crippen molar-refractivity contribution in [1.29, 1.82) is 0 Å². The smallest absolute Gasteiger partial charge is 0.267 e. The average Bonchev–Trinajstić information content (AvgIpc) is 3.19. The van der Waals surface area contributed by atoms with Gasteiger partial charge in [0.2, 0.25) is 0 Å². The largest absolute Gasteiger partial charge is 0.351 e. The third kappa shape index (κ3) is 3.01. The van der Waals surface area contributed by atoms with Gasteiger partial charge in [0.15, 0.2) is 0 Å². The number of hydrogen-bond acceptors (Lipinski definition) is 2. The predicted octanol–water partition coefficient (Wildman–Crippen LogP) is 3.65. The number of H-pyrrole nitrogens is 1. The maximum Gasteiger partial charge on any atom is 0.267 e. The number of aromatic amines is 1. The zero-order valence-corrected chi connectivity index (χ0v) is 14.1. The van der Waals surface area contributed by atoms with E-state index in [9.17, 15) is 4.79 Å². The fourth-order valence-corrected chi connectivity index (χ4v) is 3.21. The van der Waals surface area contributed by atoms with E-state index in [2.05, 4.69) is 25.9 Å². The van der Waals surface area contributed by atoms with E-state index in [1.54, 1.807) is 0 Å². The van der Waals surface area contributed by atoms with Gasteiger partial charge >= 0.3 is 0 Å². The van der Waals surface area contributed by atoms with Gasteiger partial charge in [0, 0.05) is 24.0 Å². The number of hydrogen-bond donors (Lipinski definition) is 2. The number of carbonyl (C=O) groups is 1. The number of nitrogens with zero attached hydrogens (tertiary/aromatic N) is 2. The lowest BCUT2D eigenvalue weighted by Gasteiger charge is -2.07. The zero-order valence-electron chi connectivity index (χ0n) is 14.1. The van der Waals surface area contributed by atoms with Crippen LogP contribution in [0.4, 0.5) is 0 Å². The van der Waals surface area contributed by atoms with Gasteiger partial charge in [-0.2, -0.15) is 0 Å². The molecule has 0 fully saturated rings. The van der Waals surface area contributed by atoms with Crippen LogP contribution in [0.2, 0.25) is 0 Å². The van der Waals surface area contributed by atoms with E-state index in [1.165, 1.54) is 0 Å². The number of nitrogens with one attached hydrogen (secondary N) is 2. The maximum atomic E-state index is 12.3. The van der Waals surface area contributed by atoms with Gasteiger partial charge in [-0.05, 0) is 37.6 Å². The van der Waals surface area contributed by atoms with E-state index in [0.29, 0.717) is 12.2 Å². The van der Waals surface area contributed by atoms with E-state index in [4.69, 9.17) is 0 Å². The number of amides is 1. The van der Waals surface area contributed by atoms with Crippen molar-refractivity contribution in [1.82, 2.24) is 19.9 Å². The van der Waals surface area contributed by atoms with Gasteiger partial charge in [-0.3, -0.25) is 4.79 Å².